The van der Waals surface area contributed by atoms with E-state index in [1.807, 2.05) is 0 Å². The minimum atomic E-state index is -1.02. The van der Waals surface area contributed by atoms with Crippen LogP contribution in [0.4, 0.5) is 8.78 Å². The van der Waals surface area contributed by atoms with E-state index in [4.69, 9.17) is 9.26 Å². The van der Waals surface area contributed by atoms with Crippen LogP contribution in [-0.2, 0) is 4.74 Å². The van der Waals surface area contributed by atoms with Gasteiger partial charge in [-0.25, -0.2) is 13.8 Å². The molecule has 1 aliphatic heterocycles. The van der Waals surface area contributed by atoms with E-state index in [1.54, 1.807) is 6.92 Å². The maximum absolute atomic E-state index is 13.8. The number of aromatic nitrogens is 3. The van der Waals surface area contributed by atoms with Gasteiger partial charge in [0.1, 0.15) is 11.9 Å². The number of halogens is 2. The van der Waals surface area contributed by atoms with Crippen molar-refractivity contribution in [2.45, 2.75) is 13.0 Å². The standard InChI is InChI=1S/C13H12F2N4O3/c1-7-17-12(22-18-7)10-6-21-3-2-19(10)13(20)11-9(15)4-8(14)5-16-11/h4-5,10H,2-3,6H2,1H3/t10-/m0/s1. The van der Waals surface area contributed by atoms with Crippen molar-refractivity contribution < 1.29 is 22.8 Å². The fourth-order valence-electron chi connectivity index (χ4n) is 2.21. The van der Waals surface area contributed by atoms with Crippen LogP contribution in [0, 0.1) is 18.6 Å². The highest BCUT2D eigenvalue weighted by molar-refractivity contribution is 5.92. The van der Waals surface area contributed by atoms with Gasteiger partial charge >= 0.3 is 0 Å². The van der Waals surface area contributed by atoms with Crippen molar-refractivity contribution in [3.05, 3.63) is 41.3 Å². The van der Waals surface area contributed by atoms with Crippen LogP contribution >= 0.6 is 0 Å². The highest BCUT2D eigenvalue weighted by atomic mass is 19.1. The lowest BCUT2D eigenvalue weighted by Gasteiger charge is -2.33. The largest absolute Gasteiger partial charge is 0.377 e. The van der Waals surface area contributed by atoms with Gasteiger partial charge in [0.15, 0.2) is 17.3 Å². The number of morpholine rings is 1. The van der Waals surface area contributed by atoms with Crippen LogP contribution in [0.5, 0.6) is 0 Å². The molecule has 116 valence electrons. The van der Waals surface area contributed by atoms with Crippen molar-refractivity contribution in [3.63, 3.8) is 0 Å². The smallest absolute Gasteiger partial charge is 0.276 e. The van der Waals surface area contributed by atoms with E-state index in [0.717, 1.165) is 6.20 Å². The molecule has 0 aromatic carbocycles. The monoisotopic (exact) mass is 310 g/mol. The zero-order chi connectivity index (χ0) is 15.7. The summed E-state index contributed by atoms with van der Waals surface area (Å²) >= 11 is 0. The number of pyridine rings is 1. The Hall–Kier alpha value is -2.42. The van der Waals surface area contributed by atoms with Crippen molar-refractivity contribution >= 4 is 5.91 Å². The third-order valence-corrected chi connectivity index (χ3v) is 3.23. The van der Waals surface area contributed by atoms with Gasteiger partial charge in [0.2, 0.25) is 0 Å². The average molecular weight is 310 g/mol. The summed E-state index contributed by atoms with van der Waals surface area (Å²) in [5.41, 5.74) is -0.454. The molecule has 2 aromatic rings. The summed E-state index contributed by atoms with van der Waals surface area (Å²) in [5, 5.41) is 3.67. The lowest BCUT2D eigenvalue weighted by Crippen LogP contribution is -2.44. The van der Waals surface area contributed by atoms with Crippen LogP contribution in [0.15, 0.2) is 16.8 Å². The third-order valence-electron chi connectivity index (χ3n) is 3.23. The van der Waals surface area contributed by atoms with Crippen LogP contribution in [0.3, 0.4) is 0 Å². The molecule has 0 bridgehead atoms. The van der Waals surface area contributed by atoms with Crippen molar-refractivity contribution in [3.8, 4) is 0 Å². The number of nitrogens with zero attached hydrogens (tertiary/aromatic N) is 4. The Kier molecular flexibility index (Phi) is 3.80. The van der Waals surface area contributed by atoms with Crippen molar-refractivity contribution in [1.82, 2.24) is 20.0 Å². The van der Waals surface area contributed by atoms with E-state index in [9.17, 15) is 13.6 Å². The molecule has 0 N–H and O–H groups in total. The minimum absolute atomic E-state index is 0.149. The van der Waals surface area contributed by atoms with Gasteiger partial charge in [-0.2, -0.15) is 4.98 Å². The first kappa shape index (κ1) is 14.5. The molecule has 0 radical (unpaired) electrons. The maximum atomic E-state index is 13.8. The number of carbonyl (C=O) groups is 1. The molecule has 0 aliphatic carbocycles. The predicted octanol–water partition coefficient (Wildman–Crippen LogP) is 1.26. The molecule has 1 saturated heterocycles. The lowest BCUT2D eigenvalue weighted by atomic mass is 10.2. The highest BCUT2D eigenvalue weighted by Crippen LogP contribution is 2.25. The molecule has 2 aromatic heterocycles. The van der Waals surface area contributed by atoms with Gasteiger partial charge in [-0.1, -0.05) is 5.16 Å². The van der Waals surface area contributed by atoms with Gasteiger partial charge in [-0.3, -0.25) is 4.79 Å². The second-order valence-electron chi connectivity index (χ2n) is 4.75. The van der Waals surface area contributed by atoms with Crippen LogP contribution in [-0.4, -0.2) is 45.7 Å². The van der Waals surface area contributed by atoms with Crippen molar-refractivity contribution in [2.75, 3.05) is 19.8 Å². The molecule has 9 heteroatoms. The van der Waals surface area contributed by atoms with Crippen LogP contribution in [0.25, 0.3) is 0 Å². The molecular weight excluding hydrogens is 298 g/mol. The van der Waals surface area contributed by atoms with Crippen molar-refractivity contribution in [1.29, 1.82) is 0 Å². The maximum Gasteiger partial charge on any atom is 0.276 e. The minimum Gasteiger partial charge on any atom is -0.377 e. The number of carbonyl (C=O) groups excluding carboxylic acids is 1. The van der Waals surface area contributed by atoms with Crippen LogP contribution < -0.4 is 0 Å². The number of amides is 1. The molecule has 7 nitrogen and oxygen atoms in total. The molecule has 3 rings (SSSR count). The summed E-state index contributed by atoms with van der Waals surface area (Å²) in [6.07, 6.45) is 0.794. The molecule has 1 aliphatic rings. The SMILES string of the molecule is Cc1noc([C@@H]2COCCN2C(=O)c2ncc(F)cc2F)n1. The Morgan fingerprint density at radius 2 is 2.27 bits per heavy atom. The number of rotatable bonds is 2. The Bertz CT molecular complexity index is 706. The zero-order valence-electron chi connectivity index (χ0n) is 11.6. The first-order valence-electron chi connectivity index (χ1n) is 6.56. The van der Waals surface area contributed by atoms with E-state index >= 15 is 0 Å². The predicted molar refractivity (Wildman–Crippen MR) is 67.8 cm³/mol. The number of hydrogen-bond acceptors (Lipinski definition) is 6. The topological polar surface area (TPSA) is 81.4 Å². The second kappa shape index (κ2) is 5.76. The average Bonchev–Trinajstić information content (AvgIpc) is 2.93. The molecule has 22 heavy (non-hydrogen) atoms. The normalized spacial score (nSPS) is 18.5. The van der Waals surface area contributed by atoms with Gasteiger partial charge in [-0.05, 0) is 6.92 Å². The van der Waals surface area contributed by atoms with E-state index < -0.39 is 29.3 Å². The summed E-state index contributed by atoms with van der Waals surface area (Å²) in [6.45, 7) is 2.29. The van der Waals surface area contributed by atoms with E-state index in [0.29, 0.717) is 11.9 Å². The van der Waals surface area contributed by atoms with Gasteiger partial charge in [0.05, 0.1) is 19.4 Å². The number of hydrogen-bond donors (Lipinski definition) is 0. The molecule has 3 heterocycles. The molecular formula is C13H12F2N4O3. The van der Waals surface area contributed by atoms with E-state index in [2.05, 4.69) is 15.1 Å². The van der Waals surface area contributed by atoms with Gasteiger partial charge in [0.25, 0.3) is 11.8 Å². The first-order chi connectivity index (χ1) is 10.6. The summed E-state index contributed by atoms with van der Waals surface area (Å²) in [6, 6.07) is -0.0132. The molecule has 1 fully saturated rings. The number of ether oxygens (including phenoxy) is 1. The summed E-state index contributed by atoms with van der Waals surface area (Å²) < 4.78 is 37.0. The van der Waals surface area contributed by atoms with Crippen LogP contribution in [0.2, 0.25) is 0 Å². The Morgan fingerprint density at radius 3 is 2.95 bits per heavy atom. The summed E-state index contributed by atoms with van der Waals surface area (Å²) in [4.78, 5) is 21.4. The molecule has 1 amide bonds. The van der Waals surface area contributed by atoms with Gasteiger partial charge in [0, 0.05) is 12.6 Å². The first-order valence-corrected chi connectivity index (χ1v) is 6.56. The van der Waals surface area contributed by atoms with Gasteiger partial charge < -0.3 is 14.2 Å². The highest BCUT2D eigenvalue weighted by Gasteiger charge is 2.34. The van der Waals surface area contributed by atoms with Gasteiger partial charge in [-0.15, -0.1) is 0 Å². The number of aryl methyl sites for hydroxylation is 1. The second-order valence-corrected chi connectivity index (χ2v) is 4.75. The summed E-state index contributed by atoms with van der Waals surface area (Å²) in [7, 11) is 0. The van der Waals surface area contributed by atoms with Crippen LogP contribution in [0.1, 0.15) is 28.2 Å². The van der Waals surface area contributed by atoms with Crippen molar-refractivity contribution in [2.24, 2.45) is 0 Å². The summed E-state index contributed by atoms with van der Waals surface area (Å²) in [5.74, 6) is -1.93. The fourth-order valence-corrected chi connectivity index (χ4v) is 2.21. The molecule has 0 unspecified atom stereocenters. The Morgan fingerprint density at radius 1 is 1.45 bits per heavy atom. The Labute approximate surface area is 123 Å². The molecule has 1 atom stereocenters. The van der Waals surface area contributed by atoms with E-state index in [-0.39, 0.29) is 25.6 Å². The molecule has 0 saturated carbocycles. The lowest BCUT2D eigenvalue weighted by molar-refractivity contribution is -0.0124. The Balaban J connectivity index is 1.91. The quantitative estimate of drug-likeness (QED) is 0.831. The zero-order valence-corrected chi connectivity index (χ0v) is 11.6. The van der Waals surface area contributed by atoms with E-state index in [1.165, 1.54) is 4.90 Å². The fraction of sp³-hybridized carbons (Fsp3) is 0.385. The third kappa shape index (κ3) is 2.67. The molecule has 0 spiro atoms.